The Kier molecular flexibility index (Phi) is 8.62. The molecule has 1 aliphatic carbocycles. The first-order valence-electron chi connectivity index (χ1n) is 10.5. The SMILES string of the molecule is CNc1cccc(C(=N)C2=C(N)CC(C)(C)CC2)c1.O=CNCc1cnccc1C(F)(F)F. The zero-order chi connectivity index (χ0) is 24.6. The van der Waals surface area contributed by atoms with E-state index < -0.39 is 11.7 Å². The molecular formula is C24H30F3N5O. The normalized spacial score (nSPS) is 15.2. The number of hydrogen-bond acceptors (Lipinski definition) is 5. The Balaban J connectivity index is 0.000000245. The summed E-state index contributed by atoms with van der Waals surface area (Å²) in [5, 5.41) is 13.7. The van der Waals surface area contributed by atoms with E-state index in [9.17, 15) is 18.0 Å². The molecule has 0 spiro atoms. The first-order chi connectivity index (χ1) is 15.5. The molecule has 9 heteroatoms. The number of carbonyl (C=O) groups excluding carboxylic acids is 1. The molecule has 3 rings (SSSR count). The Bertz CT molecular complexity index is 1020. The van der Waals surface area contributed by atoms with Crippen molar-refractivity contribution in [3.63, 3.8) is 0 Å². The Labute approximate surface area is 192 Å². The number of alkyl halides is 3. The van der Waals surface area contributed by atoms with Crippen LogP contribution in [0.4, 0.5) is 18.9 Å². The Morgan fingerprint density at radius 3 is 2.64 bits per heavy atom. The van der Waals surface area contributed by atoms with Crippen molar-refractivity contribution in [2.75, 3.05) is 12.4 Å². The fourth-order valence-electron chi connectivity index (χ4n) is 3.62. The number of nitrogens with two attached hydrogens (primary N) is 1. The summed E-state index contributed by atoms with van der Waals surface area (Å²) in [5.74, 6) is 0. The molecule has 0 saturated heterocycles. The molecule has 0 fully saturated rings. The summed E-state index contributed by atoms with van der Waals surface area (Å²) in [6, 6.07) is 8.82. The Morgan fingerprint density at radius 1 is 1.30 bits per heavy atom. The lowest BCUT2D eigenvalue weighted by molar-refractivity contribution is -0.138. The molecule has 0 aliphatic heterocycles. The minimum atomic E-state index is -4.41. The van der Waals surface area contributed by atoms with Crippen molar-refractivity contribution >= 4 is 17.8 Å². The molecule has 1 heterocycles. The number of pyridine rings is 1. The van der Waals surface area contributed by atoms with Gasteiger partial charge in [0, 0.05) is 48.5 Å². The predicted octanol–water partition coefficient (Wildman–Crippen LogP) is 4.87. The van der Waals surface area contributed by atoms with Gasteiger partial charge in [0.1, 0.15) is 0 Å². The fraction of sp³-hybridized carbons (Fsp3) is 0.375. The predicted molar refractivity (Wildman–Crippen MR) is 124 cm³/mol. The zero-order valence-electron chi connectivity index (χ0n) is 19.0. The number of benzene rings is 1. The van der Waals surface area contributed by atoms with Crippen LogP contribution in [0.1, 0.15) is 49.8 Å². The molecule has 33 heavy (non-hydrogen) atoms. The number of nitrogens with one attached hydrogen (secondary N) is 3. The van der Waals surface area contributed by atoms with E-state index in [4.69, 9.17) is 11.1 Å². The van der Waals surface area contributed by atoms with Crippen LogP contribution in [0, 0.1) is 10.8 Å². The molecule has 1 aliphatic rings. The molecule has 1 aromatic heterocycles. The van der Waals surface area contributed by atoms with Gasteiger partial charge in [0.15, 0.2) is 0 Å². The van der Waals surface area contributed by atoms with E-state index >= 15 is 0 Å². The molecule has 0 radical (unpaired) electrons. The van der Waals surface area contributed by atoms with Crippen molar-refractivity contribution in [1.82, 2.24) is 10.3 Å². The number of amides is 1. The van der Waals surface area contributed by atoms with E-state index in [0.29, 0.717) is 12.1 Å². The van der Waals surface area contributed by atoms with Crippen molar-refractivity contribution < 1.29 is 18.0 Å². The van der Waals surface area contributed by atoms with Crippen LogP contribution in [0.5, 0.6) is 0 Å². The van der Waals surface area contributed by atoms with Crippen LogP contribution in [-0.2, 0) is 17.5 Å². The van der Waals surface area contributed by atoms with Gasteiger partial charge in [0.05, 0.1) is 11.3 Å². The highest BCUT2D eigenvalue weighted by Gasteiger charge is 2.33. The number of hydrogen-bond donors (Lipinski definition) is 4. The van der Waals surface area contributed by atoms with Crippen LogP contribution in [-0.4, -0.2) is 24.2 Å². The van der Waals surface area contributed by atoms with Gasteiger partial charge in [0.2, 0.25) is 6.41 Å². The van der Waals surface area contributed by atoms with Crippen LogP contribution in [0.25, 0.3) is 0 Å². The lowest BCUT2D eigenvalue weighted by Crippen LogP contribution is -2.25. The summed E-state index contributed by atoms with van der Waals surface area (Å²) >= 11 is 0. The number of halogens is 3. The molecule has 2 aromatic rings. The van der Waals surface area contributed by atoms with Crippen molar-refractivity contribution in [3.8, 4) is 0 Å². The molecular weight excluding hydrogens is 431 g/mol. The quantitative estimate of drug-likeness (QED) is 0.364. The number of allylic oxidation sites excluding steroid dienone is 2. The van der Waals surface area contributed by atoms with Crippen LogP contribution < -0.4 is 16.4 Å². The third-order valence-electron chi connectivity index (χ3n) is 5.43. The maximum absolute atomic E-state index is 12.3. The van der Waals surface area contributed by atoms with Crippen molar-refractivity contribution in [1.29, 1.82) is 5.41 Å². The highest BCUT2D eigenvalue weighted by atomic mass is 19.4. The number of carbonyl (C=O) groups is 1. The topological polar surface area (TPSA) is 104 Å². The van der Waals surface area contributed by atoms with E-state index in [1.807, 2.05) is 31.3 Å². The molecule has 0 unspecified atom stereocenters. The van der Waals surface area contributed by atoms with Gasteiger partial charge in [-0.3, -0.25) is 15.2 Å². The summed E-state index contributed by atoms with van der Waals surface area (Å²) < 4.78 is 37.0. The monoisotopic (exact) mass is 461 g/mol. The lowest BCUT2D eigenvalue weighted by Gasteiger charge is -2.31. The van der Waals surface area contributed by atoms with Gasteiger partial charge < -0.3 is 16.4 Å². The summed E-state index contributed by atoms with van der Waals surface area (Å²) in [7, 11) is 1.89. The van der Waals surface area contributed by atoms with Crippen LogP contribution in [0.3, 0.4) is 0 Å². The second-order valence-corrected chi connectivity index (χ2v) is 8.58. The van der Waals surface area contributed by atoms with Gasteiger partial charge >= 0.3 is 6.18 Å². The third kappa shape index (κ3) is 7.34. The van der Waals surface area contributed by atoms with Gasteiger partial charge in [-0.15, -0.1) is 0 Å². The molecule has 0 atom stereocenters. The van der Waals surface area contributed by atoms with E-state index in [1.54, 1.807) is 0 Å². The van der Waals surface area contributed by atoms with E-state index in [2.05, 4.69) is 29.5 Å². The standard InChI is InChI=1S/C16H23N3.C8H7F3N2O/c1-16(2)8-7-13(14(17)10-16)15(18)11-5-4-6-12(9-11)19-3;9-8(10,11)7-1-2-12-3-6(7)4-13-5-14/h4-6,9,18-19H,7-8,10,17H2,1-3H3;1-3,5H,4H2,(H,13,14). The Hall–Kier alpha value is -3.36. The van der Waals surface area contributed by atoms with Crippen molar-refractivity contribution in [2.45, 2.75) is 45.8 Å². The first kappa shape index (κ1) is 25.9. The van der Waals surface area contributed by atoms with Crippen LogP contribution >= 0.6 is 0 Å². The summed E-state index contributed by atoms with van der Waals surface area (Å²) in [4.78, 5) is 13.5. The van der Waals surface area contributed by atoms with Gasteiger partial charge in [-0.25, -0.2) is 0 Å². The van der Waals surface area contributed by atoms with Crippen LogP contribution in [0.2, 0.25) is 0 Å². The van der Waals surface area contributed by atoms with E-state index in [-0.39, 0.29) is 17.5 Å². The highest BCUT2D eigenvalue weighted by molar-refractivity contribution is 6.11. The summed E-state index contributed by atoms with van der Waals surface area (Å²) in [6.07, 6.45) is 0.956. The van der Waals surface area contributed by atoms with E-state index in [1.165, 1.54) is 0 Å². The molecule has 0 saturated carbocycles. The third-order valence-corrected chi connectivity index (χ3v) is 5.43. The lowest BCUT2D eigenvalue weighted by atomic mass is 9.75. The molecule has 178 valence electrons. The molecule has 0 bridgehead atoms. The second-order valence-electron chi connectivity index (χ2n) is 8.58. The molecule has 6 nitrogen and oxygen atoms in total. The fourth-order valence-corrected chi connectivity index (χ4v) is 3.62. The zero-order valence-corrected chi connectivity index (χ0v) is 19.0. The molecule has 5 N–H and O–H groups in total. The van der Waals surface area contributed by atoms with Gasteiger partial charge in [-0.05, 0) is 48.4 Å². The maximum atomic E-state index is 12.3. The van der Waals surface area contributed by atoms with Gasteiger partial charge in [-0.1, -0.05) is 26.0 Å². The molecule has 1 amide bonds. The number of nitrogens with zero attached hydrogens (tertiary/aromatic N) is 1. The minimum absolute atomic E-state index is 0.0490. The number of rotatable bonds is 6. The summed E-state index contributed by atoms with van der Waals surface area (Å²) in [5.41, 5.74) is 10.1. The van der Waals surface area contributed by atoms with Crippen molar-refractivity contribution in [2.24, 2.45) is 11.1 Å². The average molecular weight is 462 g/mol. The first-order valence-corrected chi connectivity index (χ1v) is 10.5. The second kappa shape index (κ2) is 11.0. The highest BCUT2D eigenvalue weighted by Crippen LogP contribution is 2.37. The number of anilines is 1. The summed E-state index contributed by atoms with van der Waals surface area (Å²) in [6.45, 7) is 4.30. The van der Waals surface area contributed by atoms with Crippen molar-refractivity contribution in [3.05, 3.63) is 70.7 Å². The van der Waals surface area contributed by atoms with Gasteiger partial charge in [0.25, 0.3) is 0 Å². The molecule has 1 aromatic carbocycles. The number of aromatic nitrogens is 1. The van der Waals surface area contributed by atoms with E-state index in [0.717, 1.165) is 60.2 Å². The smallest absolute Gasteiger partial charge is 0.402 e. The largest absolute Gasteiger partial charge is 0.416 e. The minimum Gasteiger partial charge on any atom is -0.402 e. The Morgan fingerprint density at radius 2 is 2.03 bits per heavy atom. The maximum Gasteiger partial charge on any atom is 0.416 e. The van der Waals surface area contributed by atoms with Gasteiger partial charge in [-0.2, -0.15) is 13.2 Å². The average Bonchev–Trinajstić information content (AvgIpc) is 2.77. The van der Waals surface area contributed by atoms with Crippen LogP contribution in [0.15, 0.2) is 54.0 Å².